The van der Waals surface area contributed by atoms with Crippen LogP contribution in [0.3, 0.4) is 0 Å². The number of carbonyl (C=O) groups excluding carboxylic acids is 1. The molecule has 0 aliphatic carbocycles. The highest BCUT2D eigenvalue weighted by atomic mass is 32.2. The van der Waals surface area contributed by atoms with Crippen molar-refractivity contribution >= 4 is 35.1 Å². The molecular weight excluding hydrogens is 485 g/mol. The Bertz CT molecular complexity index is 1440. The van der Waals surface area contributed by atoms with E-state index in [-0.39, 0.29) is 11.7 Å². The van der Waals surface area contributed by atoms with Crippen LogP contribution in [-0.4, -0.2) is 17.4 Å². The molecule has 0 fully saturated rings. The van der Waals surface area contributed by atoms with Gasteiger partial charge in [-0.1, -0.05) is 48.5 Å². The van der Waals surface area contributed by atoms with Gasteiger partial charge in [-0.15, -0.1) is 11.8 Å². The van der Waals surface area contributed by atoms with Gasteiger partial charge in [-0.3, -0.25) is 4.79 Å². The molecule has 4 aromatic rings. The number of alkyl halides is 3. The van der Waals surface area contributed by atoms with Gasteiger partial charge in [-0.05, 0) is 54.6 Å². The molecule has 0 saturated heterocycles. The molecule has 0 radical (unpaired) electrons. The average Bonchev–Trinajstić information content (AvgIpc) is 3.49. The van der Waals surface area contributed by atoms with Gasteiger partial charge in [0.15, 0.2) is 0 Å². The molecule has 180 valence electrons. The number of halogens is 3. The van der Waals surface area contributed by atoms with Gasteiger partial charge in [0.2, 0.25) is 0 Å². The largest absolute Gasteiger partial charge is 0.457 e. The maximum atomic E-state index is 13.3. The average molecular weight is 505 g/mol. The summed E-state index contributed by atoms with van der Waals surface area (Å²) in [5.41, 5.74) is 1.12. The topological polar surface area (TPSA) is 45.8 Å². The summed E-state index contributed by atoms with van der Waals surface area (Å²) in [7, 11) is 0. The summed E-state index contributed by atoms with van der Waals surface area (Å²) in [6.07, 6.45) is -2.86. The Hall–Kier alpha value is -4.04. The van der Waals surface area contributed by atoms with E-state index in [2.05, 4.69) is 5.10 Å². The molecule has 0 unspecified atom stereocenters. The lowest BCUT2D eigenvalue weighted by Gasteiger charge is -2.10. The minimum atomic E-state index is -4.45. The molecule has 0 spiro atoms. The highest BCUT2D eigenvalue weighted by molar-refractivity contribution is 8.00. The van der Waals surface area contributed by atoms with Crippen LogP contribution in [0.25, 0.3) is 17.4 Å². The van der Waals surface area contributed by atoms with E-state index in [0.29, 0.717) is 34.0 Å². The molecular formula is C28H19F3N2O2S. The lowest BCUT2D eigenvalue weighted by atomic mass is 10.1. The van der Waals surface area contributed by atoms with Crippen LogP contribution >= 0.6 is 11.8 Å². The summed E-state index contributed by atoms with van der Waals surface area (Å²) in [4.78, 5) is 14.4. The Balaban J connectivity index is 1.45. The number of anilines is 1. The van der Waals surface area contributed by atoms with Gasteiger partial charge in [0, 0.05) is 16.2 Å². The Morgan fingerprint density at radius 3 is 2.33 bits per heavy atom. The third kappa shape index (κ3) is 5.13. The predicted octanol–water partition coefficient (Wildman–Crippen LogP) is 7.54. The van der Waals surface area contributed by atoms with Gasteiger partial charge in [0.05, 0.1) is 22.5 Å². The molecule has 0 bridgehead atoms. The number of benzene rings is 3. The second-order valence-electron chi connectivity index (χ2n) is 7.94. The molecule has 0 N–H and O–H groups in total. The fourth-order valence-electron chi connectivity index (χ4n) is 3.70. The van der Waals surface area contributed by atoms with Crippen molar-refractivity contribution in [1.29, 1.82) is 0 Å². The highest BCUT2D eigenvalue weighted by Gasteiger charge is 2.32. The Labute approximate surface area is 209 Å². The Morgan fingerprint density at radius 1 is 0.889 bits per heavy atom. The van der Waals surface area contributed by atoms with Gasteiger partial charge >= 0.3 is 6.18 Å². The SMILES string of the molecule is O=C1/C(=C/c2ccc(-c3cccc(C(F)(F)F)c3)o2)C(CSc2ccccc2)=NN1c1ccccc1. The fraction of sp³-hybridized carbons (Fsp3) is 0.0714. The van der Waals surface area contributed by atoms with Crippen molar-refractivity contribution in [3.8, 4) is 11.3 Å². The molecule has 1 aliphatic heterocycles. The summed E-state index contributed by atoms with van der Waals surface area (Å²) in [6.45, 7) is 0. The molecule has 2 heterocycles. The monoisotopic (exact) mass is 504 g/mol. The first-order valence-electron chi connectivity index (χ1n) is 11.0. The molecule has 0 saturated carbocycles. The first-order valence-corrected chi connectivity index (χ1v) is 12.0. The Kier molecular flexibility index (Phi) is 6.52. The van der Waals surface area contributed by atoms with Crippen LogP contribution in [0.15, 0.2) is 117 Å². The highest BCUT2D eigenvalue weighted by Crippen LogP contribution is 2.34. The molecule has 3 aromatic carbocycles. The number of hydrogen-bond acceptors (Lipinski definition) is 4. The molecule has 0 atom stereocenters. The van der Waals surface area contributed by atoms with Crippen LogP contribution in [0.2, 0.25) is 0 Å². The van der Waals surface area contributed by atoms with E-state index in [4.69, 9.17) is 4.42 Å². The molecule has 8 heteroatoms. The van der Waals surface area contributed by atoms with Crippen LogP contribution in [0.4, 0.5) is 18.9 Å². The summed E-state index contributed by atoms with van der Waals surface area (Å²) in [5, 5.41) is 5.93. The molecule has 5 rings (SSSR count). The number of amides is 1. The van der Waals surface area contributed by atoms with Crippen molar-refractivity contribution in [2.24, 2.45) is 5.10 Å². The van der Waals surface area contributed by atoms with Crippen LogP contribution in [0.1, 0.15) is 11.3 Å². The zero-order chi connectivity index (χ0) is 25.1. The van der Waals surface area contributed by atoms with E-state index >= 15 is 0 Å². The van der Waals surface area contributed by atoms with Crippen molar-refractivity contribution < 1.29 is 22.4 Å². The number of para-hydroxylation sites is 1. The van der Waals surface area contributed by atoms with E-state index < -0.39 is 11.7 Å². The third-order valence-electron chi connectivity index (χ3n) is 5.46. The minimum Gasteiger partial charge on any atom is -0.457 e. The maximum Gasteiger partial charge on any atom is 0.416 e. The summed E-state index contributed by atoms with van der Waals surface area (Å²) in [5.74, 6) is 0.766. The lowest BCUT2D eigenvalue weighted by molar-refractivity contribution is -0.137. The number of hydrazone groups is 1. The number of nitrogens with zero attached hydrogens (tertiary/aromatic N) is 2. The summed E-state index contributed by atoms with van der Waals surface area (Å²) in [6, 6.07) is 27.0. The number of furan rings is 1. The zero-order valence-electron chi connectivity index (χ0n) is 18.8. The standard InChI is InChI=1S/C28H19F3N2O2S/c29-28(30,31)20-9-7-8-19(16-20)26-15-14-22(35-26)17-24-25(18-36-23-12-5-2-6-13-23)32-33(27(24)34)21-10-3-1-4-11-21/h1-17H,18H2/b24-17+. The van der Waals surface area contributed by atoms with E-state index in [1.165, 1.54) is 11.1 Å². The van der Waals surface area contributed by atoms with Gasteiger partial charge in [-0.2, -0.15) is 23.3 Å². The molecule has 4 nitrogen and oxygen atoms in total. The Morgan fingerprint density at radius 2 is 1.61 bits per heavy atom. The first kappa shape index (κ1) is 23.7. The van der Waals surface area contributed by atoms with E-state index in [9.17, 15) is 18.0 Å². The number of rotatable bonds is 6. The molecule has 1 amide bonds. The predicted molar refractivity (Wildman–Crippen MR) is 136 cm³/mol. The van der Waals surface area contributed by atoms with Crippen molar-refractivity contribution in [2.75, 3.05) is 10.8 Å². The second-order valence-corrected chi connectivity index (χ2v) is 8.99. The minimum absolute atomic E-state index is 0.274. The number of thioether (sulfide) groups is 1. The van der Waals surface area contributed by atoms with E-state index in [1.54, 1.807) is 48.2 Å². The molecule has 1 aliphatic rings. The van der Waals surface area contributed by atoms with Crippen LogP contribution in [-0.2, 0) is 11.0 Å². The van der Waals surface area contributed by atoms with Gasteiger partial charge in [0.1, 0.15) is 11.5 Å². The van der Waals surface area contributed by atoms with Crippen molar-refractivity contribution in [2.45, 2.75) is 11.1 Å². The normalized spacial score (nSPS) is 15.0. The quantitative estimate of drug-likeness (QED) is 0.201. The third-order valence-corrected chi connectivity index (χ3v) is 6.48. The van der Waals surface area contributed by atoms with Gasteiger partial charge in [0.25, 0.3) is 5.91 Å². The fourth-order valence-corrected chi connectivity index (χ4v) is 4.56. The number of carbonyl (C=O) groups is 1. The molecule has 1 aromatic heterocycles. The smallest absolute Gasteiger partial charge is 0.416 e. The van der Waals surface area contributed by atoms with Crippen LogP contribution in [0.5, 0.6) is 0 Å². The number of hydrogen-bond donors (Lipinski definition) is 0. The first-order chi connectivity index (χ1) is 17.4. The van der Waals surface area contributed by atoms with Gasteiger partial charge in [-0.25, -0.2) is 0 Å². The van der Waals surface area contributed by atoms with Crippen molar-refractivity contribution in [3.05, 3.63) is 114 Å². The second kappa shape index (κ2) is 9.91. The van der Waals surface area contributed by atoms with Crippen LogP contribution in [0, 0.1) is 0 Å². The van der Waals surface area contributed by atoms with E-state index in [0.717, 1.165) is 17.0 Å². The maximum absolute atomic E-state index is 13.3. The zero-order valence-corrected chi connectivity index (χ0v) is 19.6. The van der Waals surface area contributed by atoms with Crippen molar-refractivity contribution in [3.63, 3.8) is 0 Å². The summed E-state index contributed by atoms with van der Waals surface area (Å²) >= 11 is 1.55. The van der Waals surface area contributed by atoms with E-state index in [1.807, 2.05) is 48.5 Å². The van der Waals surface area contributed by atoms with Crippen LogP contribution < -0.4 is 5.01 Å². The summed E-state index contributed by atoms with van der Waals surface area (Å²) < 4.78 is 45.2. The van der Waals surface area contributed by atoms with Crippen molar-refractivity contribution in [1.82, 2.24) is 0 Å². The molecule has 36 heavy (non-hydrogen) atoms. The lowest BCUT2D eigenvalue weighted by Crippen LogP contribution is -2.21. The van der Waals surface area contributed by atoms with Gasteiger partial charge < -0.3 is 4.42 Å².